The molecule has 0 radical (unpaired) electrons. The van der Waals surface area contributed by atoms with Crippen molar-refractivity contribution in [2.75, 3.05) is 13.2 Å². The van der Waals surface area contributed by atoms with Gasteiger partial charge in [0.2, 0.25) is 5.91 Å². The van der Waals surface area contributed by atoms with Crippen LogP contribution in [0.5, 0.6) is 5.75 Å². The Bertz CT molecular complexity index is 391. The van der Waals surface area contributed by atoms with Crippen molar-refractivity contribution in [2.24, 2.45) is 5.10 Å². The average Bonchev–Trinajstić information content (AvgIpc) is 2.29. The van der Waals surface area contributed by atoms with E-state index in [-0.39, 0.29) is 18.1 Å². The van der Waals surface area contributed by atoms with Gasteiger partial charge in [-0.3, -0.25) is 4.79 Å². The molecule has 2 N–H and O–H groups in total. The molecule has 0 aliphatic carbocycles. The standard InChI is InChI=1S/C12H16N2O3/c1-2-17-7-6-12(16)14-13-9-10-4-3-5-11(15)8-10/h3-5,8-9,15H,2,6-7H2,1H3,(H,14,16)/b13-9+. The molecule has 0 fully saturated rings. The fourth-order valence-corrected chi connectivity index (χ4v) is 1.15. The number of carbonyl (C=O) groups excluding carboxylic acids is 1. The van der Waals surface area contributed by atoms with Gasteiger partial charge in [-0.15, -0.1) is 0 Å². The number of phenolic OH excluding ortho intramolecular Hbond substituents is 1. The highest BCUT2D eigenvalue weighted by Gasteiger charge is 1.98. The molecule has 0 heterocycles. The van der Waals surface area contributed by atoms with Crippen LogP contribution in [0.4, 0.5) is 0 Å². The zero-order chi connectivity index (χ0) is 12.5. The zero-order valence-corrected chi connectivity index (χ0v) is 9.72. The summed E-state index contributed by atoms with van der Waals surface area (Å²) in [7, 11) is 0. The number of nitrogens with zero attached hydrogens (tertiary/aromatic N) is 1. The van der Waals surface area contributed by atoms with Gasteiger partial charge < -0.3 is 9.84 Å². The third-order valence-corrected chi connectivity index (χ3v) is 1.95. The van der Waals surface area contributed by atoms with E-state index in [4.69, 9.17) is 4.74 Å². The van der Waals surface area contributed by atoms with Crippen LogP contribution in [0, 0.1) is 0 Å². The van der Waals surface area contributed by atoms with Crippen LogP contribution in [-0.4, -0.2) is 30.4 Å². The van der Waals surface area contributed by atoms with Crippen molar-refractivity contribution in [3.63, 3.8) is 0 Å². The van der Waals surface area contributed by atoms with Crippen molar-refractivity contribution in [1.29, 1.82) is 0 Å². The number of nitrogens with one attached hydrogen (secondary N) is 1. The molecule has 0 aliphatic heterocycles. The molecule has 1 amide bonds. The van der Waals surface area contributed by atoms with E-state index < -0.39 is 0 Å². The Morgan fingerprint density at radius 3 is 3.12 bits per heavy atom. The minimum absolute atomic E-state index is 0.164. The Morgan fingerprint density at radius 1 is 1.59 bits per heavy atom. The molecule has 0 saturated carbocycles. The van der Waals surface area contributed by atoms with E-state index in [9.17, 15) is 9.90 Å². The second-order valence-electron chi connectivity index (χ2n) is 3.34. The highest BCUT2D eigenvalue weighted by Crippen LogP contribution is 2.08. The maximum absolute atomic E-state index is 11.2. The van der Waals surface area contributed by atoms with Crippen molar-refractivity contribution >= 4 is 12.1 Å². The lowest BCUT2D eigenvalue weighted by Crippen LogP contribution is -2.19. The molecule has 0 bridgehead atoms. The molecule has 1 aromatic rings. The molecule has 0 unspecified atom stereocenters. The van der Waals surface area contributed by atoms with Gasteiger partial charge in [-0.2, -0.15) is 5.10 Å². The minimum Gasteiger partial charge on any atom is -0.508 e. The van der Waals surface area contributed by atoms with Crippen molar-refractivity contribution in [1.82, 2.24) is 5.43 Å². The Labute approximate surface area is 100 Å². The molecular weight excluding hydrogens is 220 g/mol. The number of ether oxygens (including phenoxy) is 1. The Balaban J connectivity index is 2.32. The monoisotopic (exact) mass is 236 g/mol. The summed E-state index contributed by atoms with van der Waals surface area (Å²) in [6.07, 6.45) is 1.75. The van der Waals surface area contributed by atoms with Crippen LogP contribution < -0.4 is 5.43 Å². The van der Waals surface area contributed by atoms with Crippen LogP contribution in [0.1, 0.15) is 18.9 Å². The molecule has 5 nitrogen and oxygen atoms in total. The van der Waals surface area contributed by atoms with Crippen LogP contribution in [0.2, 0.25) is 0 Å². The molecule has 0 spiro atoms. The van der Waals surface area contributed by atoms with Crippen molar-refractivity contribution < 1.29 is 14.6 Å². The quantitative estimate of drug-likeness (QED) is 0.444. The highest BCUT2D eigenvalue weighted by atomic mass is 16.5. The van der Waals surface area contributed by atoms with Gasteiger partial charge in [-0.05, 0) is 24.6 Å². The van der Waals surface area contributed by atoms with E-state index in [1.807, 2.05) is 6.92 Å². The van der Waals surface area contributed by atoms with Gasteiger partial charge in [0.15, 0.2) is 0 Å². The maximum Gasteiger partial charge on any atom is 0.242 e. The first-order valence-electron chi connectivity index (χ1n) is 5.41. The lowest BCUT2D eigenvalue weighted by molar-refractivity contribution is -0.122. The normalized spacial score (nSPS) is 10.6. The highest BCUT2D eigenvalue weighted by molar-refractivity contribution is 5.82. The molecule has 0 saturated heterocycles. The summed E-state index contributed by atoms with van der Waals surface area (Å²) >= 11 is 0. The summed E-state index contributed by atoms with van der Waals surface area (Å²) in [5, 5.41) is 13.0. The van der Waals surface area contributed by atoms with E-state index in [1.54, 1.807) is 24.3 Å². The van der Waals surface area contributed by atoms with E-state index >= 15 is 0 Å². The van der Waals surface area contributed by atoms with Gasteiger partial charge in [-0.1, -0.05) is 12.1 Å². The fraction of sp³-hybridized carbons (Fsp3) is 0.333. The first kappa shape index (κ1) is 13.2. The summed E-state index contributed by atoms with van der Waals surface area (Å²) in [5.74, 6) is -0.0357. The molecule has 0 atom stereocenters. The average molecular weight is 236 g/mol. The molecule has 17 heavy (non-hydrogen) atoms. The van der Waals surface area contributed by atoms with Gasteiger partial charge in [-0.25, -0.2) is 5.43 Å². The van der Waals surface area contributed by atoms with E-state index in [0.717, 1.165) is 5.56 Å². The first-order valence-corrected chi connectivity index (χ1v) is 5.41. The third kappa shape index (κ3) is 5.67. The Morgan fingerprint density at radius 2 is 2.41 bits per heavy atom. The number of phenols is 1. The predicted molar refractivity (Wildman–Crippen MR) is 65.0 cm³/mol. The SMILES string of the molecule is CCOCCC(=O)N/N=C/c1cccc(O)c1. The van der Waals surface area contributed by atoms with Crippen LogP contribution in [0.25, 0.3) is 0 Å². The van der Waals surface area contributed by atoms with Crippen molar-refractivity contribution in [3.8, 4) is 5.75 Å². The summed E-state index contributed by atoms with van der Waals surface area (Å²) in [6, 6.07) is 6.59. The molecule has 1 aromatic carbocycles. The lowest BCUT2D eigenvalue weighted by atomic mass is 10.2. The molecule has 1 rings (SSSR count). The van der Waals surface area contributed by atoms with Crippen LogP contribution >= 0.6 is 0 Å². The summed E-state index contributed by atoms with van der Waals surface area (Å²) in [4.78, 5) is 11.2. The third-order valence-electron chi connectivity index (χ3n) is 1.95. The number of amides is 1. The molecular formula is C12H16N2O3. The number of hydrogen-bond donors (Lipinski definition) is 2. The Hall–Kier alpha value is -1.88. The predicted octanol–water partition coefficient (Wildman–Crippen LogP) is 1.27. The number of benzene rings is 1. The van der Waals surface area contributed by atoms with Gasteiger partial charge in [0.25, 0.3) is 0 Å². The van der Waals surface area contributed by atoms with Crippen LogP contribution in [0.3, 0.4) is 0 Å². The lowest BCUT2D eigenvalue weighted by Gasteiger charge is -2.00. The van der Waals surface area contributed by atoms with E-state index in [0.29, 0.717) is 13.2 Å². The number of aromatic hydroxyl groups is 1. The van der Waals surface area contributed by atoms with Gasteiger partial charge in [0.1, 0.15) is 5.75 Å². The molecule has 0 aromatic heterocycles. The number of carbonyl (C=O) groups is 1. The first-order chi connectivity index (χ1) is 8.22. The molecule has 92 valence electrons. The van der Waals surface area contributed by atoms with Crippen molar-refractivity contribution in [2.45, 2.75) is 13.3 Å². The number of rotatable bonds is 6. The minimum atomic E-state index is -0.199. The largest absolute Gasteiger partial charge is 0.508 e. The van der Waals surface area contributed by atoms with Crippen molar-refractivity contribution in [3.05, 3.63) is 29.8 Å². The topological polar surface area (TPSA) is 70.9 Å². The second-order valence-corrected chi connectivity index (χ2v) is 3.34. The Kier molecular flexibility index (Phi) is 5.74. The van der Waals surface area contributed by atoms with Gasteiger partial charge in [0, 0.05) is 6.61 Å². The summed E-state index contributed by atoms with van der Waals surface area (Å²) < 4.78 is 5.04. The van der Waals surface area contributed by atoms with Gasteiger partial charge >= 0.3 is 0 Å². The number of hydrogen-bond acceptors (Lipinski definition) is 4. The van der Waals surface area contributed by atoms with Crippen LogP contribution in [0.15, 0.2) is 29.4 Å². The number of hydrazone groups is 1. The van der Waals surface area contributed by atoms with Crippen LogP contribution in [-0.2, 0) is 9.53 Å². The maximum atomic E-state index is 11.2. The second kappa shape index (κ2) is 7.40. The zero-order valence-electron chi connectivity index (χ0n) is 9.72. The van der Waals surface area contributed by atoms with Gasteiger partial charge in [0.05, 0.1) is 19.2 Å². The molecule has 0 aliphatic rings. The summed E-state index contributed by atoms with van der Waals surface area (Å²) in [6.45, 7) is 2.86. The smallest absolute Gasteiger partial charge is 0.242 e. The molecule has 5 heteroatoms. The fourth-order valence-electron chi connectivity index (χ4n) is 1.15. The summed E-state index contributed by atoms with van der Waals surface area (Å²) in [5.41, 5.74) is 3.10. The van der Waals surface area contributed by atoms with E-state index in [1.165, 1.54) is 6.21 Å². The van der Waals surface area contributed by atoms with E-state index in [2.05, 4.69) is 10.5 Å².